The Morgan fingerprint density at radius 2 is 1.87 bits per heavy atom. The summed E-state index contributed by atoms with van der Waals surface area (Å²) in [4.78, 5) is 23.8. The van der Waals surface area contributed by atoms with E-state index in [4.69, 9.17) is 11.6 Å². The maximum atomic E-state index is 11.9. The van der Waals surface area contributed by atoms with Gasteiger partial charge in [0, 0.05) is 12.3 Å². The predicted octanol–water partition coefficient (Wildman–Crippen LogP) is 4.90. The molecule has 0 amide bonds. The number of carbonyl (C=O) groups excluding carboxylic acids is 2. The van der Waals surface area contributed by atoms with Gasteiger partial charge in [0.05, 0.1) is 0 Å². The van der Waals surface area contributed by atoms with Crippen LogP contribution < -0.4 is 0 Å². The maximum absolute atomic E-state index is 11.9. The third-order valence-corrected chi connectivity index (χ3v) is 8.50. The zero-order valence-corrected chi connectivity index (χ0v) is 15.0. The number of fused-ring (bicyclic) bond motifs is 5. The van der Waals surface area contributed by atoms with Crippen molar-refractivity contribution in [2.75, 3.05) is 0 Å². The molecule has 0 N–H and O–H groups in total. The standard InChI is InChI=1S/C20H27ClO2/c1-19-9-7-13(22)11-12(19)3-4-14-15-5-6-17(18(21)23)20(15,2)10-8-16(14)19/h11,14-17H,3-10H2,1-2H3/t14-,15-,16+,17?,19-,20-/m0/s1. The van der Waals surface area contributed by atoms with Gasteiger partial charge in [-0.3, -0.25) is 9.59 Å². The topological polar surface area (TPSA) is 34.1 Å². The van der Waals surface area contributed by atoms with Crippen molar-refractivity contribution in [3.05, 3.63) is 11.6 Å². The first-order chi connectivity index (χ1) is 10.9. The van der Waals surface area contributed by atoms with Crippen molar-refractivity contribution in [3.63, 3.8) is 0 Å². The number of ketones is 1. The van der Waals surface area contributed by atoms with Crippen LogP contribution in [0.4, 0.5) is 0 Å². The normalized spacial score (nSPS) is 49.0. The lowest BCUT2D eigenvalue weighted by atomic mass is 9.47. The number of allylic oxidation sites excluding steroid dienone is 1. The summed E-state index contributed by atoms with van der Waals surface area (Å²) < 4.78 is 0. The monoisotopic (exact) mass is 334 g/mol. The lowest BCUT2D eigenvalue weighted by Gasteiger charge is -2.57. The lowest BCUT2D eigenvalue weighted by molar-refractivity contribution is -0.123. The van der Waals surface area contributed by atoms with E-state index in [1.54, 1.807) is 0 Å². The van der Waals surface area contributed by atoms with E-state index < -0.39 is 0 Å². The molecule has 0 radical (unpaired) electrons. The zero-order valence-electron chi connectivity index (χ0n) is 14.2. The highest BCUT2D eigenvalue weighted by atomic mass is 35.5. The van der Waals surface area contributed by atoms with Crippen molar-refractivity contribution in [3.8, 4) is 0 Å². The molecular weight excluding hydrogens is 308 g/mol. The number of hydrogen-bond acceptors (Lipinski definition) is 2. The molecule has 4 rings (SSSR count). The minimum absolute atomic E-state index is 0.0628. The van der Waals surface area contributed by atoms with Gasteiger partial charge in [0.15, 0.2) is 5.78 Å². The van der Waals surface area contributed by atoms with Crippen LogP contribution in [0.3, 0.4) is 0 Å². The highest BCUT2D eigenvalue weighted by Crippen LogP contribution is 2.66. The van der Waals surface area contributed by atoms with Gasteiger partial charge in [0.2, 0.25) is 5.24 Å². The Morgan fingerprint density at radius 1 is 1.09 bits per heavy atom. The summed E-state index contributed by atoms with van der Waals surface area (Å²) in [5.74, 6) is 2.44. The zero-order chi connectivity index (χ0) is 16.4. The molecule has 6 atom stereocenters. The Labute approximate surface area is 144 Å². The molecule has 1 unspecified atom stereocenters. The van der Waals surface area contributed by atoms with E-state index in [0.29, 0.717) is 30.0 Å². The minimum atomic E-state index is -0.112. The number of hydrogen-bond donors (Lipinski definition) is 0. The van der Waals surface area contributed by atoms with Crippen molar-refractivity contribution in [2.45, 2.75) is 65.2 Å². The van der Waals surface area contributed by atoms with E-state index in [1.807, 2.05) is 6.08 Å². The summed E-state index contributed by atoms with van der Waals surface area (Å²) in [6.45, 7) is 4.73. The Morgan fingerprint density at radius 3 is 2.61 bits per heavy atom. The van der Waals surface area contributed by atoms with Crippen LogP contribution >= 0.6 is 11.6 Å². The van der Waals surface area contributed by atoms with E-state index >= 15 is 0 Å². The first-order valence-corrected chi connectivity index (χ1v) is 9.67. The van der Waals surface area contributed by atoms with E-state index in [0.717, 1.165) is 32.1 Å². The molecule has 0 heterocycles. The average molecular weight is 335 g/mol. The van der Waals surface area contributed by atoms with Crippen LogP contribution in [0.5, 0.6) is 0 Å². The first-order valence-electron chi connectivity index (χ1n) is 9.29. The van der Waals surface area contributed by atoms with Crippen LogP contribution in [0, 0.1) is 34.5 Å². The van der Waals surface area contributed by atoms with Gasteiger partial charge in [-0.1, -0.05) is 19.4 Å². The fourth-order valence-electron chi connectivity index (χ4n) is 6.93. The summed E-state index contributed by atoms with van der Waals surface area (Å²) in [7, 11) is 0. The molecule has 23 heavy (non-hydrogen) atoms. The van der Waals surface area contributed by atoms with Crippen molar-refractivity contribution in [1.29, 1.82) is 0 Å². The molecular formula is C20H27ClO2. The number of rotatable bonds is 1. The molecule has 2 nitrogen and oxygen atoms in total. The van der Waals surface area contributed by atoms with Gasteiger partial charge < -0.3 is 0 Å². The number of halogens is 1. The van der Waals surface area contributed by atoms with Crippen LogP contribution in [-0.2, 0) is 9.59 Å². The first kappa shape index (κ1) is 15.9. The predicted molar refractivity (Wildman–Crippen MR) is 91.1 cm³/mol. The second-order valence-electron chi connectivity index (χ2n) is 8.95. The Balaban J connectivity index is 1.67. The molecule has 4 aliphatic carbocycles. The van der Waals surface area contributed by atoms with Gasteiger partial charge >= 0.3 is 0 Å². The second kappa shape index (κ2) is 5.18. The van der Waals surface area contributed by atoms with E-state index in [9.17, 15) is 9.59 Å². The Kier molecular flexibility index (Phi) is 3.58. The fraction of sp³-hybridized carbons (Fsp3) is 0.800. The van der Waals surface area contributed by atoms with Crippen molar-refractivity contribution >= 4 is 22.6 Å². The maximum Gasteiger partial charge on any atom is 0.225 e. The van der Waals surface area contributed by atoms with Gasteiger partial charge in [0.25, 0.3) is 0 Å². The molecule has 3 fully saturated rings. The van der Waals surface area contributed by atoms with Gasteiger partial charge in [0.1, 0.15) is 0 Å². The van der Waals surface area contributed by atoms with Crippen LogP contribution in [0.25, 0.3) is 0 Å². The van der Waals surface area contributed by atoms with Crippen molar-refractivity contribution in [1.82, 2.24) is 0 Å². The van der Waals surface area contributed by atoms with Gasteiger partial charge in [-0.15, -0.1) is 0 Å². The molecule has 0 saturated heterocycles. The number of carbonyl (C=O) groups is 2. The van der Waals surface area contributed by atoms with Gasteiger partial charge in [-0.25, -0.2) is 0 Å². The molecule has 0 aromatic heterocycles. The quantitative estimate of drug-likeness (QED) is 0.639. The molecule has 0 spiro atoms. The third kappa shape index (κ3) is 2.13. The molecule has 3 saturated carbocycles. The van der Waals surface area contributed by atoms with E-state index in [2.05, 4.69) is 13.8 Å². The summed E-state index contributed by atoms with van der Waals surface area (Å²) in [6, 6.07) is 0. The van der Waals surface area contributed by atoms with Crippen molar-refractivity contribution in [2.24, 2.45) is 34.5 Å². The van der Waals surface area contributed by atoms with Crippen LogP contribution in [-0.4, -0.2) is 11.0 Å². The van der Waals surface area contributed by atoms with Crippen LogP contribution in [0.15, 0.2) is 11.6 Å². The average Bonchev–Trinajstić information content (AvgIpc) is 2.85. The largest absolute Gasteiger partial charge is 0.295 e. The Hall–Kier alpha value is -0.630. The highest BCUT2D eigenvalue weighted by Gasteiger charge is 2.59. The second-order valence-corrected chi connectivity index (χ2v) is 9.32. The molecule has 126 valence electrons. The summed E-state index contributed by atoms with van der Waals surface area (Å²) in [6.07, 6.45) is 10.4. The third-order valence-electron chi connectivity index (χ3n) is 8.24. The summed E-state index contributed by atoms with van der Waals surface area (Å²) in [5.41, 5.74) is 1.75. The van der Waals surface area contributed by atoms with Gasteiger partial charge in [-0.05, 0) is 91.2 Å². The smallest absolute Gasteiger partial charge is 0.225 e. The van der Waals surface area contributed by atoms with Crippen LogP contribution in [0.2, 0.25) is 0 Å². The highest BCUT2D eigenvalue weighted by molar-refractivity contribution is 6.64. The minimum Gasteiger partial charge on any atom is -0.295 e. The van der Waals surface area contributed by atoms with E-state index in [1.165, 1.54) is 18.4 Å². The SMILES string of the molecule is C[C@]12CCC(=O)C=C1CC[C@@H]1[C@H]2CC[C@]2(C)C(C(=O)Cl)CC[C@@H]12. The molecule has 0 aromatic rings. The van der Waals surface area contributed by atoms with Crippen molar-refractivity contribution < 1.29 is 9.59 Å². The van der Waals surface area contributed by atoms with Gasteiger partial charge in [-0.2, -0.15) is 0 Å². The molecule has 3 heteroatoms. The van der Waals surface area contributed by atoms with Crippen LogP contribution in [0.1, 0.15) is 65.2 Å². The molecule has 0 aromatic carbocycles. The summed E-state index contributed by atoms with van der Waals surface area (Å²) >= 11 is 5.94. The molecule has 0 aliphatic heterocycles. The lowest BCUT2D eigenvalue weighted by Crippen LogP contribution is -2.50. The molecule has 0 bridgehead atoms. The fourth-order valence-corrected chi connectivity index (χ4v) is 7.29. The summed E-state index contributed by atoms with van der Waals surface area (Å²) in [5, 5.41) is -0.112. The molecule has 4 aliphatic rings. The van der Waals surface area contributed by atoms with E-state index in [-0.39, 0.29) is 22.0 Å². The Bertz CT molecular complexity index is 594.